The van der Waals surface area contributed by atoms with Crippen LogP contribution < -0.4 is 14.5 Å². The molecule has 0 aliphatic carbocycles. The number of amides is 1. The maximum Gasteiger partial charge on any atom is 0.264 e. The molecule has 4 aromatic rings. The smallest absolute Gasteiger partial charge is 0.264 e. The van der Waals surface area contributed by atoms with Gasteiger partial charge in [0, 0.05) is 5.02 Å². The number of rotatable bonds is 10. The van der Waals surface area contributed by atoms with Crippen LogP contribution in [0.3, 0.4) is 0 Å². The minimum absolute atomic E-state index is 0.0656. The molecule has 0 unspecified atom stereocenters. The van der Waals surface area contributed by atoms with E-state index in [2.05, 4.69) is 10.5 Å². The zero-order valence-corrected chi connectivity index (χ0v) is 21.3. The quantitative estimate of drug-likeness (QED) is 0.222. The van der Waals surface area contributed by atoms with Gasteiger partial charge in [-0.1, -0.05) is 60.1 Å². The van der Waals surface area contributed by atoms with E-state index in [9.17, 15) is 13.2 Å². The summed E-state index contributed by atoms with van der Waals surface area (Å²) in [4.78, 5) is 12.7. The summed E-state index contributed by atoms with van der Waals surface area (Å²) in [6.07, 6.45) is 1.47. The van der Waals surface area contributed by atoms with Crippen LogP contribution in [-0.4, -0.2) is 27.1 Å². The van der Waals surface area contributed by atoms with Crippen molar-refractivity contribution >= 4 is 39.4 Å². The average Bonchev–Trinajstić information content (AvgIpc) is 2.93. The summed E-state index contributed by atoms with van der Waals surface area (Å²) in [6, 6.07) is 31.2. The lowest BCUT2D eigenvalue weighted by atomic mass is 10.2. The molecule has 9 heteroatoms. The second kappa shape index (κ2) is 12.2. The molecular weight excluding hydrogens is 510 g/mol. The molecule has 0 aliphatic rings. The molecule has 4 aromatic carbocycles. The van der Waals surface area contributed by atoms with Crippen LogP contribution in [0.25, 0.3) is 0 Å². The lowest BCUT2D eigenvalue weighted by Crippen LogP contribution is -2.39. The molecule has 0 saturated carbocycles. The molecular formula is C28H24ClN3O4S. The molecule has 188 valence electrons. The SMILES string of the molecule is O=C(CN(c1ccc(Cl)cc1)S(=O)(=O)c1ccccc1)N/N=C/c1ccc(OCc2ccccc2)cc1. The van der Waals surface area contributed by atoms with Crippen molar-refractivity contribution < 1.29 is 17.9 Å². The fraction of sp³-hybridized carbons (Fsp3) is 0.0714. The van der Waals surface area contributed by atoms with Crippen LogP contribution in [0.1, 0.15) is 11.1 Å². The number of carbonyl (C=O) groups is 1. The number of carbonyl (C=O) groups excluding carboxylic acids is 1. The lowest BCUT2D eigenvalue weighted by molar-refractivity contribution is -0.119. The van der Waals surface area contributed by atoms with Crippen LogP contribution in [0.2, 0.25) is 5.02 Å². The molecule has 0 saturated heterocycles. The highest BCUT2D eigenvalue weighted by molar-refractivity contribution is 7.92. The Morgan fingerprint density at radius 1 is 0.865 bits per heavy atom. The van der Waals surface area contributed by atoms with E-state index in [4.69, 9.17) is 16.3 Å². The van der Waals surface area contributed by atoms with Crippen LogP contribution in [0.5, 0.6) is 5.75 Å². The largest absolute Gasteiger partial charge is 0.489 e. The van der Waals surface area contributed by atoms with Gasteiger partial charge in [0.25, 0.3) is 15.9 Å². The van der Waals surface area contributed by atoms with Gasteiger partial charge in [-0.25, -0.2) is 13.8 Å². The fourth-order valence-electron chi connectivity index (χ4n) is 3.38. The topological polar surface area (TPSA) is 88.1 Å². The molecule has 4 rings (SSSR count). The number of ether oxygens (including phenoxy) is 1. The average molecular weight is 534 g/mol. The first-order chi connectivity index (χ1) is 17.9. The maximum atomic E-state index is 13.3. The summed E-state index contributed by atoms with van der Waals surface area (Å²) in [7, 11) is -4.01. The number of sulfonamides is 1. The molecule has 0 atom stereocenters. The Kier molecular flexibility index (Phi) is 8.56. The van der Waals surface area contributed by atoms with Crippen molar-refractivity contribution in [3.8, 4) is 5.75 Å². The van der Waals surface area contributed by atoms with Crippen molar-refractivity contribution in [1.82, 2.24) is 5.43 Å². The van der Waals surface area contributed by atoms with E-state index in [0.29, 0.717) is 23.1 Å². The van der Waals surface area contributed by atoms with Crippen LogP contribution >= 0.6 is 11.6 Å². The maximum absolute atomic E-state index is 13.3. The van der Waals surface area contributed by atoms with E-state index in [0.717, 1.165) is 15.4 Å². The van der Waals surface area contributed by atoms with Crippen molar-refractivity contribution in [3.63, 3.8) is 0 Å². The van der Waals surface area contributed by atoms with Crippen LogP contribution in [0, 0.1) is 0 Å². The Morgan fingerprint density at radius 3 is 2.14 bits per heavy atom. The van der Waals surface area contributed by atoms with Gasteiger partial charge in [0.15, 0.2) is 0 Å². The number of anilines is 1. The minimum atomic E-state index is -4.01. The molecule has 0 bridgehead atoms. The fourth-order valence-corrected chi connectivity index (χ4v) is 4.95. The molecule has 0 aliphatic heterocycles. The summed E-state index contributed by atoms with van der Waals surface area (Å²) in [5, 5.41) is 4.42. The van der Waals surface area contributed by atoms with Crippen LogP contribution in [0.4, 0.5) is 5.69 Å². The summed E-state index contributed by atoms with van der Waals surface area (Å²) in [6.45, 7) is -0.0111. The monoisotopic (exact) mass is 533 g/mol. The number of benzene rings is 4. The number of nitrogens with zero attached hydrogens (tertiary/aromatic N) is 2. The Bertz CT molecular complexity index is 1450. The number of nitrogens with one attached hydrogen (secondary N) is 1. The standard InChI is InChI=1S/C28H24ClN3O4S/c29-24-13-15-25(16-14-24)32(37(34,35)27-9-5-2-6-10-27)20-28(33)31-30-19-22-11-17-26(18-12-22)36-21-23-7-3-1-4-8-23/h1-19H,20-21H2,(H,31,33)/b30-19+. The molecule has 1 N–H and O–H groups in total. The normalized spacial score (nSPS) is 11.3. The van der Waals surface area contributed by atoms with Crippen LogP contribution in [-0.2, 0) is 21.4 Å². The van der Waals surface area contributed by atoms with E-state index in [1.165, 1.54) is 18.3 Å². The predicted molar refractivity (Wildman–Crippen MR) is 145 cm³/mol. The Morgan fingerprint density at radius 2 is 1.49 bits per heavy atom. The molecule has 7 nitrogen and oxygen atoms in total. The Balaban J connectivity index is 1.39. The van der Waals surface area contributed by atoms with Gasteiger partial charge >= 0.3 is 0 Å². The minimum Gasteiger partial charge on any atom is -0.489 e. The van der Waals surface area contributed by atoms with Gasteiger partial charge in [-0.2, -0.15) is 5.10 Å². The van der Waals surface area contributed by atoms with E-state index < -0.39 is 22.5 Å². The van der Waals surface area contributed by atoms with Gasteiger partial charge in [-0.3, -0.25) is 9.10 Å². The Hall–Kier alpha value is -4.14. The highest BCUT2D eigenvalue weighted by Crippen LogP contribution is 2.25. The third kappa shape index (κ3) is 7.19. The first kappa shape index (κ1) is 25.9. The zero-order chi connectivity index (χ0) is 26.1. The number of halogens is 1. The highest BCUT2D eigenvalue weighted by Gasteiger charge is 2.27. The molecule has 0 radical (unpaired) electrons. The van der Waals surface area contributed by atoms with Crippen molar-refractivity contribution in [2.75, 3.05) is 10.8 Å². The van der Waals surface area contributed by atoms with Gasteiger partial charge in [0.05, 0.1) is 16.8 Å². The first-order valence-electron chi connectivity index (χ1n) is 11.3. The van der Waals surface area contributed by atoms with Gasteiger partial charge < -0.3 is 4.74 Å². The second-order valence-corrected chi connectivity index (χ2v) is 10.2. The number of hydrazone groups is 1. The molecule has 0 aromatic heterocycles. The van der Waals surface area contributed by atoms with Crippen LogP contribution in [0.15, 0.2) is 119 Å². The molecule has 1 amide bonds. The molecule has 0 fully saturated rings. The van der Waals surface area contributed by atoms with E-state index >= 15 is 0 Å². The zero-order valence-electron chi connectivity index (χ0n) is 19.7. The summed E-state index contributed by atoms with van der Waals surface area (Å²) < 4.78 is 33.4. The highest BCUT2D eigenvalue weighted by atomic mass is 35.5. The van der Waals surface area contributed by atoms with E-state index in [1.807, 2.05) is 30.3 Å². The summed E-state index contributed by atoms with van der Waals surface area (Å²) in [5.41, 5.74) is 4.50. The lowest BCUT2D eigenvalue weighted by Gasteiger charge is -2.23. The number of hydrogen-bond donors (Lipinski definition) is 1. The third-order valence-electron chi connectivity index (χ3n) is 5.26. The van der Waals surface area contributed by atoms with Gasteiger partial charge in [-0.05, 0) is 71.8 Å². The van der Waals surface area contributed by atoms with E-state index in [-0.39, 0.29) is 4.90 Å². The van der Waals surface area contributed by atoms with Crippen molar-refractivity contribution in [2.24, 2.45) is 5.10 Å². The molecule has 0 spiro atoms. The molecule has 37 heavy (non-hydrogen) atoms. The van der Waals surface area contributed by atoms with E-state index in [1.54, 1.807) is 66.7 Å². The first-order valence-corrected chi connectivity index (χ1v) is 13.2. The van der Waals surface area contributed by atoms with Crippen molar-refractivity contribution in [3.05, 3.63) is 125 Å². The van der Waals surface area contributed by atoms with Crippen molar-refractivity contribution in [1.29, 1.82) is 0 Å². The summed E-state index contributed by atoms with van der Waals surface area (Å²) in [5.74, 6) is 0.100. The third-order valence-corrected chi connectivity index (χ3v) is 7.30. The second-order valence-electron chi connectivity index (χ2n) is 7.94. The van der Waals surface area contributed by atoms with Gasteiger partial charge in [0.1, 0.15) is 18.9 Å². The Labute approximate surface area is 221 Å². The summed E-state index contributed by atoms with van der Waals surface area (Å²) >= 11 is 5.96. The molecule has 0 heterocycles. The van der Waals surface area contributed by atoms with Gasteiger partial charge in [-0.15, -0.1) is 0 Å². The van der Waals surface area contributed by atoms with Crippen molar-refractivity contribution in [2.45, 2.75) is 11.5 Å². The van der Waals surface area contributed by atoms with Gasteiger partial charge in [0.2, 0.25) is 0 Å². The number of hydrogen-bond acceptors (Lipinski definition) is 5. The predicted octanol–water partition coefficient (Wildman–Crippen LogP) is 5.26.